The van der Waals surface area contributed by atoms with Crippen LogP contribution in [0.15, 0.2) is 58.3 Å². The lowest BCUT2D eigenvalue weighted by Gasteiger charge is -2.41. The van der Waals surface area contributed by atoms with Gasteiger partial charge in [-0.3, -0.25) is 0 Å². The number of rotatable bonds is 6. The average Bonchev–Trinajstić information content (AvgIpc) is 2.62. The highest BCUT2D eigenvalue weighted by Gasteiger charge is 2.32. The molecule has 3 rings (SSSR count). The Morgan fingerprint density at radius 3 is 1.39 bits per heavy atom. The van der Waals surface area contributed by atoms with E-state index in [9.17, 15) is 16.8 Å². The standard InChI is InChI=1S/C17H23N5O4S2/c18-27(23,24)15-5-1-13(2-6-15)21-17(9-11-20-12-10-17)22-14-3-7-16(8-4-14)28(19,25)26/h1-8,20-22H,9-12H2,(H2,18,23,24)(H2,19,25,26). The Bertz CT molecular complexity index is 950. The van der Waals surface area contributed by atoms with Crippen molar-refractivity contribution in [3.63, 3.8) is 0 Å². The van der Waals surface area contributed by atoms with E-state index in [1.807, 2.05) is 0 Å². The SMILES string of the molecule is NS(=O)(=O)c1ccc(NC2(Nc3ccc(S(N)(=O)=O)cc3)CCNCC2)cc1. The molecule has 28 heavy (non-hydrogen) atoms. The second-order valence-electron chi connectivity index (χ2n) is 6.72. The van der Waals surface area contributed by atoms with Crippen molar-refractivity contribution < 1.29 is 16.8 Å². The van der Waals surface area contributed by atoms with Crippen molar-refractivity contribution in [3.05, 3.63) is 48.5 Å². The number of hydrogen-bond acceptors (Lipinski definition) is 7. The van der Waals surface area contributed by atoms with Gasteiger partial charge in [0.05, 0.1) is 9.79 Å². The van der Waals surface area contributed by atoms with Gasteiger partial charge in [0, 0.05) is 24.2 Å². The third-order valence-corrected chi connectivity index (χ3v) is 6.45. The summed E-state index contributed by atoms with van der Waals surface area (Å²) in [6, 6.07) is 12.5. The molecule has 0 spiro atoms. The normalized spacial score (nSPS) is 17.1. The van der Waals surface area contributed by atoms with E-state index in [0.29, 0.717) is 0 Å². The van der Waals surface area contributed by atoms with Gasteiger partial charge in [0.25, 0.3) is 0 Å². The molecule has 0 aliphatic carbocycles. The topological polar surface area (TPSA) is 156 Å². The summed E-state index contributed by atoms with van der Waals surface area (Å²) in [4.78, 5) is 0.0907. The van der Waals surface area contributed by atoms with Crippen LogP contribution in [0.4, 0.5) is 11.4 Å². The van der Waals surface area contributed by atoms with Gasteiger partial charge in [-0.05, 0) is 61.6 Å². The maximum atomic E-state index is 11.4. The third-order valence-electron chi connectivity index (χ3n) is 4.59. The molecule has 7 N–H and O–H groups in total. The highest BCUT2D eigenvalue weighted by molar-refractivity contribution is 7.89. The summed E-state index contributed by atoms with van der Waals surface area (Å²) in [5.41, 5.74) is 0.989. The molecule has 1 heterocycles. The van der Waals surface area contributed by atoms with Crippen LogP contribution in [-0.4, -0.2) is 35.6 Å². The van der Waals surface area contributed by atoms with Crippen LogP contribution in [0.3, 0.4) is 0 Å². The molecule has 1 aliphatic heterocycles. The zero-order valence-corrected chi connectivity index (χ0v) is 16.7. The van der Waals surface area contributed by atoms with Crippen molar-refractivity contribution in [1.82, 2.24) is 5.32 Å². The third kappa shape index (κ3) is 5.00. The van der Waals surface area contributed by atoms with E-state index in [4.69, 9.17) is 10.3 Å². The molecule has 1 fully saturated rings. The minimum Gasteiger partial charge on any atom is -0.363 e. The summed E-state index contributed by atoms with van der Waals surface area (Å²) >= 11 is 0. The van der Waals surface area contributed by atoms with Crippen LogP contribution in [-0.2, 0) is 20.0 Å². The molecule has 1 saturated heterocycles. The van der Waals surface area contributed by atoms with E-state index in [1.54, 1.807) is 24.3 Å². The fraction of sp³-hybridized carbons (Fsp3) is 0.294. The first kappa shape index (κ1) is 20.6. The average molecular weight is 426 g/mol. The number of primary sulfonamides is 2. The van der Waals surface area contributed by atoms with Crippen LogP contribution in [0.2, 0.25) is 0 Å². The molecule has 9 nitrogen and oxygen atoms in total. The molecule has 1 aliphatic rings. The van der Waals surface area contributed by atoms with Gasteiger partial charge in [-0.2, -0.15) is 0 Å². The maximum absolute atomic E-state index is 11.4. The number of anilines is 2. The molecular weight excluding hydrogens is 402 g/mol. The predicted molar refractivity (Wildman–Crippen MR) is 108 cm³/mol. The van der Waals surface area contributed by atoms with Crippen molar-refractivity contribution >= 4 is 31.4 Å². The van der Waals surface area contributed by atoms with Crippen molar-refractivity contribution in [3.8, 4) is 0 Å². The molecule has 2 aromatic carbocycles. The van der Waals surface area contributed by atoms with Crippen LogP contribution < -0.4 is 26.2 Å². The first-order chi connectivity index (χ1) is 13.1. The highest BCUT2D eigenvalue weighted by Crippen LogP contribution is 2.27. The summed E-state index contributed by atoms with van der Waals surface area (Å²) < 4.78 is 45.7. The van der Waals surface area contributed by atoms with Gasteiger partial charge in [-0.25, -0.2) is 27.1 Å². The van der Waals surface area contributed by atoms with Gasteiger partial charge in [0.1, 0.15) is 5.66 Å². The molecule has 0 bridgehead atoms. The van der Waals surface area contributed by atoms with Gasteiger partial charge < -0.3 is 16.0 Å². The van der Waals surface area contributed by atoms with Crippen molar-refractivity contribution in [2.45, 2.75) is 28.3 Å². The van der Waals surface area contributed by atoms with Gasteiger partial charge in [0.15, 0.2) is 0 Å². The van der Waals surface area contributed by atoms with E-state index < -0.39 is 25.7 Å². The van der Waals surface area contributed by atoms with Gasteiger partial charge >= 0.3 is 0 Å². The number of hydrogen-bond donors (Lipinski definition) is 5. The summed E-state index contributed by atoms with van der Waals surface area (Å²) in [5, 5.41) is 20.5. The minimum atomic E-state index is -3.75. The van der Waals surface area contributed by atoms with Crippen LogP contribution in [0.25, 0.3) is 0 Å². The molecule has 152 valence electrons. The predicted octanol–water partition coefficient (Wildman–Crippen LogP) is 0.585. The number of sulfonamides is 2. The molecule has 0 radical (unpaired) electrons. The number of nitrogens with two attached hydrogens (primary N) is 2. The van der Waals surface area contributed by atoms with E-state index in [0.717, 1.165) is 37.3 Å². The molecule has 0 amide bonds. The molecule has 0 unspecified atom stereocenters. The Balaban J connectivity index is 1.82. The van der Waals surface area contributed by atoms with Crippen molar-refractivity contribution in [2.24, 2.45) is 10.3 Å². The van der Waals surface area contributed by atoms with Crippen LogP contribution in [0.5, 0.6) is 0 Å². The number of nitrogens with one attached hydrogen (secondary N) is 3. The zero-order chi connectivity index (χ0) is 20.4. The van der Waals surface area contributed by atoms with Crippen LogP contribution >= 0.6 is 0 Å². The summed E-state index contributed by atoms with van der Waals surface area (Å²) in [5.74, 6) is 0. The van der Waals surface area contributed by atoms with Gasteiger partial charge in [-0.15, -0.1) is 0 Å². The maximum Gasteiger partial charge on any atom is 0.238 e. The van der Waals surface area contributed by atoms with Crippen molar-refractivity contribution in [2.75, 3.05) is 23.7 Å². The largest absolute Gasteiger partial charge is 0.363 e. The Hall–Kier alpha value is -2.18. The Kier molecular flexibility index (Phi) is 5.64. The lowest BCUT2D eigenvalue weighted by molar-refractivity contribution is 0.375. The molecule has 0 saturated carbocycles. The smallest absolute Gasteiger partial charge is 0.238 e. The van der Waals surface area contributed by atoms with E-state index >= 15 is 0 Å². The van der Waals surface area contributed by atoms with E-state index in [-0.39, 0.29) is 9.79 Å². The Labute approximate surface area is 164 Å². The zero-order valence-electron chi connectivity index (χ0n) is 15.1. The molecule has 2 aromatic rings. The number of piperidine rings is 1. The Morgan fingerprint density at radius 2 is 1.07 bits per heavy atom. The summed E-state index contributed by atoms with van der Waals surface area (Å²) in [6.45, 7) is 1.56. The lowest BCUT2D eigenvalue weighted by atomic mass is 9.96. The summed E-state index contributed by atoms with van der Waals surface area (Å²) in [7, 11) is -7.49. The van der Waals surface area contributed by atoms with Crippen LogP contribution in [0.1, 0.15) is 12.8 Å². The highest BCUT2D eigenvalue weighted by atomic mass is 32.2. The lowest BCUT2D eigenvalue weighted by Crippen LogP contribution is -2.53. The Morgan fingerprint density at radius 1 is 0.714 bits per heavy atom. The molecule has 0 atom stereocenters. The van der Waals surface area contributed by atoms with E-state index in [2.05, 4.69) is 16.0 Å². The quantitative estimate of drug-likeness (QED) is 0.424. The second kappa shape index (κ2) is 7.68. The second-order valence-corrected chi connectivity index (χ2v) is 9.84. The van der Waals surface area contributed by atoms with Gasteiger partial charge in [0.2, 0.25) is 20.0 Å². The first-order valence-electron chi connectivity index (χ1n) is 8.60. The number of benzene rings is 2. The summed E-state index contributed by atoms with van der Waals surface area (Å²) in [6.07, 6.45) is 1.50. The molecular formula is C17H23N5O4S2. The molecule has 11 heteroatoms. The first-order valence-corrected chi connectivity index (χ1v) is 11.7. The van der Waals surface area contributed by atoms with E-state index in [1.165, 1.54) is 24.3 Å². The minimum absolute atomic E-state index is 0.0453. The van der Waals surface area contributed by atoms with Crippen molar-refractivity contribution in [1.29, 1.82) is 0 Å². The van der Waals surface area contributed by atoms with Crippen LogP contribution in [0, 0.1) is 0 Å². The fourth-order valence-electron chi connectivity index (χ4n) is 3.14. The fourth-order valence-corrected chi connectivity index (χ4v) is 4.17. The van der Waals surface area contributed by atoms with Gasteiger partial charge in [-0.1, -0.05) is 0 Å². The monoisotopic (exact) mass is 425 g/mol. The molecule has 0 aromatic heterocycles.